The number of carbonyl (C=O) groups is 2. The average molecular weight is 295 g/mol. The molecule has 0 fully saturated rings. The largest absolute Gasteiger partial charge is 0.480 e. The molecule has 0 aromatic carbocycles. The lowest BCUT2D eigenvalue weighted by Gasteiger charge is -2.16. The highest BCUT2D eigenvalue weighted by molar-refractivity contribution is 5.97. The molecule has 2 N–H and O–H groups in total. The van der Waals surface area contributed by atoms with Gasteiger partial charge in [-0.25, -0.2) is 4.79 Å². The molecule has 8 nitrogen and oxygen atoms in total. The highest BCUT2D eigenvalue weighted by Gasteiger charge is 2.24. The summed E-state index contributed by atoms with van der Waals surface area (Å²) < 4.78 is 0. The summed E-state index contributed by atoms with van der Waals surface area (Å²) in [5.74, 6) is -1.75. The van der Waals surface area contributed by atoms with E-state index in [0.29, 0.717) is 5.69 Å². The van der Waals surface area contributed by atoms with Gasteiger partial charge in [0, 0.05) is 6.07 Å². The molecular formula is C13H17N3O5. The number of aryl methyl sites for hydroxylation is 1. The van der Waals surface area contributed by atoms with E-state index in [1.807, 2.05) is 13.8 Å². The second kappa shape index (κ2) is 6.78. The van der Waals surface area contributed by atoms with Crippen LogP contribution in [0.5, 0.6) is 0 Å². The van der Waals surface area contributed by atoms with Crippen LogP contribution in [0.3, 0.4) is 0 Å². The minimum atomic E-state index is -1.15. The predicted molar refractivity (Wildman–Crippen MR) is 74.0 cm³/mol. The Labute approximate surface area is 121 Å². The molecule has 0 aliphatic carbocycles. The molecule has 1 rings (SSSR count). The van der Waals surface area contributed by atoms with Gasteiger partial charge in [-0.15, -0.1) is 0 Å². The van der Waals surface area contributed by atoms with Crippen LogP contribution < -0.4 is 5.32 Å². The summed E-state index contributed by atoms with van der Waals surface area (Å²) in [5.41, 5.74) is -0.0209. The van der Waals surface area contributed by atoms with Crippen molar-refractivity contribution in [2.45, 2.75) is 33.2 Å². The molecule has 0 unspecified atom stereocenters. The number of rotatable bonds is 6. The molecule has 0 spiro atoms. The van der Waals surface area contributed by atoms with Crippen LogP contribution in [0.1, 0.15) is 36.3 Å². The van der Waals surface area contributed by atoms with Crippen molar-refractivity contribution in [1.82, 2.24) is 10.3 Å². The van der Waals surface area contributed by atoms with E-state index < -0.39 is 22.8 Å². The van der Waals surface area contributed by atoms with Gasteiger partial charge >= 0.3 is 5.97 Å². The third-order valence-corrected chi connectivity index (χ3v) is 2.84. The maximum absolute atomic E-state index is 12.1. The van der Waals surface area contributed by atoms with Crippen molar-refractivity contribution >= 4 is 17.6 Å². The number of aliphatic carboxylic acids is 1. The summed E-state index contributed by atoms with van der Waals surface area (Å²) >= 11 is 0. The lowest BCUT2D eigenvalue weighted by Crippen LogP contribution is -2.41. The van der Waals surface area contributed by atoms with Gasteiger partial charge in [0.2, 0.25) is 0 Å². The van der Waals surface area contributed by atoms with E-state index in [9.17, 15) is 19.7 Å². The zero-order chi connectivity index (χ0) is 16.2. The average Bonchev–Trinajstić information content (AvgIpc) is 2.37. The van der Waals surface area contributed by atoms with Gasteiger partial charge in [-0.3, -0.25) is 19.9 Å². The Morgan fingerprint density at radius 2 is 2.10 bits per heavy atom. The van der Waals surface area contributed by atoms with E-state index >= 15 is 0 Å². The number of carbonyl (C=O) groups excluding carboxylic acids is 1. The Bertz CT molecular complexity index is 571. The topological polar surface area (TPSA) is 122 Å². The van der Waals surface area contributed by atoms with Crippen molar-refractivity contribution in [3.05, 3.63) is 33.6 Å². The number of nitro groups is 1. The number of carboxylic acids is 1. The number of carboxylic acid groups (broad SMARTS) is 1. The van der Waals surface area contributed by atoms with Gasteiger partial charge in [-0.05, 0) is 19.3 Å². The monoisotopic (exact) mass is 295 g/mol. The number of pyridine rings is 1. The molecule has 1 aromatic rings. The third kappa shape index (κ3) is 4.51. The fourth-order valence-corrected chi connectivity index (χ4v) is 1.78. The second-order valence-electron chi connectivity index (χ2n) is 5.08. The number of nitrogens with zero attached hydrogens (tertiary/aromatic N) is 2. The zero-order valence-corrected chi connectivity index (χ0v) is 12.0. The SMILES string of the molecule is Cc1ncc([N+](=O)[O-])cc1C(=O)N[C@H](CC(C)C)C(=O)O. The Morgan fingerprint density at radius 3 is 2.57 bits per heavy atom. The molecule has 0 saturated heterocycles. The summed E-state index contributed by atoms with van der Waals surface area (Å²) in [7, 11) is 0. The van der Waals surface area contributed by atoms with Crippen molar-refractivity contribution in [1.29, 1.82) is 0 Å². The minimum Gasteiger partial charge on any atom is -0.480 e. The Hall–Kier alpha value is -2.51. The van der Waals surface area contributed by atoms with E-state index in [1.54, 1.807) is 0 Å². The first-order chi connectivity index (χ1) is 9.72. The van der Waals surface area contributed by atoms with Crippen molar-refractivity contribution in [2.75, 3.05) is 0 Å². The van der Waals surface area contributed by atoms with Crippen molar-refractivity contribution in [3.63, 3.8) is 0 Å². The molecular weight excluding hydrogens is 278 g/mol. The third-order valence-electron chi connectivity index (χ3n) is 2.84. The summed E-state index contributed by atoms with van der Waals surface area (Å²) in [6.45, 7) is 5.20. The molecule has 114 valence electrons. The molecule has 1 atom stereocenters. The van der Waals surface area contributed by atoms with E-state index in [-0.39, 0.29) is 23.6 Å². The van der Waals surface area contributed by atoms with Crippen molar-refractivity contribution in [3.8, 4) is 0 Å². The highest BCUT2D eigenvalue weighted by Crippen LogP contribution is 2.15. The Balaban J connectivity index is 2.99. The number of amides is 1. The second-order valence-corrected chi connectivity index (χ2v) is 5.08. The fraction of sp³-hybridized carbons (Fsp3) is 0.462. The maximum Gasteiger partial charge on any atom is 0.326 e. The van der Waals surface area contributed by atoms with Crippen LogP contribution in [0.2, 0.25) is 0 Å². The molecule has 1 amide bonds. The quantitative estimate of drug-likeness (QED) is 0.606. The van der Waals surface area contributed by atoms with Crippen LogP contribution in [0.25, 0.3) is 0 Å². The van der Waals surface area contributed by atoms with Crippen molar-refractivity contribution < 1.29 is 19.6 Å². The van der Waals surface area contributed by atoms with Crippen molar-refractivity contribution in [2.24, 2.45) is 5.92 Å². The minimum absolute atomic E-state index is 0.000735. The van der Waals surface area contributed by atoms with Gasteiger partial charge in [0.1, 0.15) is 12.2 Å². The van der Waals surface area contributed by atoms with E-state index in [4.69, 9.17) is 5.11 Å². The van der Waals surface area contributed by atoms with Gasteiger partial charge < -0.3 is 10.4 Å². The van der Waals surface area contributed by atoms with Gasteiger partial charge in [0.05, 0.1) is 16.2 Å². The first-order valence-corrected chi connectivity index (χ1v) is 6.37. The molecule has 0 radical (unpaired) electrons. The number of aromatic nitrogens is 1. The first kappa shape index (κ1) is 16.5. The van der Waals surface area contributed by atoms with Crippen LogP contribution in [-0.4, -0.2) is 32.9 Å². The molecule has 21 heavy (non-hydrogen) atoms. The van der Waals surface area contributed by atoms with Gasteiger partial charge in [-0.2, -0.15) is 0 Å². The highest BCUT2D eigenvalue weighted by atomic mass is 16.6. The first-order valence-electron chi connectivity index (χ1n) is 6.37. The van der Waals surface area contributed by atoms with Gasteiger partial charge in [0.25, 0.3) is 11.6 Å². The summed E-state index contributed by atoms with van der Waals surface area (Å²) in [4.78, 5) is 37.0. The van der Waals surface area contributed by atoms with Gasteiger partial charge in [-0.1, -0.05) is 13.8 Å². The summed E-state index contributed by atoms with van der Waals surface area (Å²) in [5, 5.41) is 22.2. The van der Waals surface area contributed by atoms with Crippen LogP contribution in [-0.2, 0) is 4.79 Å². The summed E-state index contributed by atoms with van der Waals surface area (Å²) in [6.07, 6.45) is 1.32. The fourth-order valence-electron chi connectivity index (χ4n) is 1.78. The molecule has 1 heterocycles. The van der Waals surface area contributed by atoms with Crippen LogP contribution in [0.4, 0.5) is 5.69 Å². The molecule has 0 aliphatic rings. The zero-order valence-electron chi connectivity index (χ0n) is 12.0. The smallest absolute Gasteiger partial charge is 0.326 e. The molecule has 8 heteroatoms. The number of hydrogen-bond donors (Lipinski definition) is 2. The van der Waals surface area contributed by atoms with E-state index in [1.165, 1.54) is 6.92 Å². The van der Waals surface area contributed by atoms with Gasteiger partial charge in [0.15, 0.2) is 0 Å². The predicted octanol–water partition coefficient (Wildman–Crippen LogP) is 1.53. The van der Waals surface area contributed by atoms with E-state index in [0.717, 1.165) is 12.3 Å². The molecule has 1 aromatic heterocycles. The normalized spacial score (nSPS) is 12.0. The van der Waals surface area contributed by atoms with Crippen LogP contribution in [0.15, 0.2) is 12.3 Å². The summed E-state index contributed by atoms with van der Waals surface area (Å²) in [6, 6.07) is 0.0440. The van der Waals surface area contributed by atoms with E-state index in [2.05, 4.69) is 10.3 Å². The number of hydrogen-bond acceptors (Lipinski definition) is 5. The maximum atomic E-state index is 12.1. The van der Waals surface area contributed by atoms with Crippen LogP contribution >= 0.6 is 0 Å². The number of nitrogens with one attached hydrogen (secondary N) is 1. The Kier molecular flexibility index (Phi) is 5.34. The van der Waals surface area contributed by atoms with Crippen LogP contribution in [0, 0.1) is 23.0 Å². The molecule has 0 saturated carbocycles. The molecule has 0 bridgehead atoms. The molecule has 0 aliphatic heterocycles. The lowest BCUT2D eigenvalue weighted by molar-refractivity contribution is -0.385. The Morgan fingerprint density at radius 1 is 1.48 bits per heavy atom. The standard InChI is InChI=1S/C13H17N3O5/c1-7(2)4-11(13(18)19)15-12(17)10-5-9(16(20)21)6-14-8(10)3/h5-7,11H,4H2,1-3H3,(H,15,17)(H,18,19)/t11-/m1/s1. The lowest BCUT2D eigenvalue weighted by atomic mass is 10.0.